The maximum Gasteiger partial charge on any atom is 0.232 e. The number of aromatic nitrogens is 2. The summed E-state index contributed by atoms with van der Waals surface area (Å²) in [5.41, 5.74) is -0.209. The van der Waals surface area contributed by atoms with Gasteiger partial charge in [0.25, 0.3) is 0 Å². The Morgan fingerprint density at radius 1 is 1.45 bits per heavy atom. The molecule has 3 aliphatic rings. The van der Waals surface area contributed by atoms with E-state index < -0.39 is 0 Å². The van der Waals surface area contributed by atoms with Gasteiger partial charge in [0, 0.05) is 31.2 Å². The lowest BCUT2D eigenvalue weighted by Crippen LogP contribution is -2.67. The van der Waals surface area contributed by atoms with Crippen molar-refractivity contribution < 1.29 is 14.3 Å². The highest BCUT2D eigenvalue weighted by Crippen LogP contribution is 2.43. The Morgan fingerprint density at radius 2 is 2.27 bits per heavy atom. The van der Waals surface area contributed by atoms with E-state index in [-0.39, 0.29) is 17.6 Å². The van der Waals surface area contributed by atoms with Crippen molar-refractivity contribution in [1.82, 2.24) is 14.9 Å². The second kappa shape index (κ2) is 5.19. The highest BCUT2D eigenvalue weighted by molar-refractivity contribution is 5.82. The highest BCUT2D eigenvalue weighted by atomic mass is 16.5. The van der Waals surface area contributed by atoms with Crippen molar-refractivity contribution in [2.45, 2.75) is 37.9 Å². The number of hydrogen-bond donors (Lipinski definition) is 0. The quantitative estimate of drug-likeness (QED) is 0.841. The average molecular weight is 303 g/mol. The van der Waals surface area contributed by atoms with Crippen LogP contribution in [-0.4, -0.2) is 52.2 Å². The summed E-state index contributed by atoms with van der Waals surface area (Å²) in [6, 6.07) is 0. The first-order chi connectivity index (χ1) is 10.7. The first kappa shape index (κ1) is 13.9. The Hall–Kier alpha value is -1.69. The van der Waals surface area contributed by atoms with Gasteiger partial charge in [0.15, 0.2) is 0 Å². The predicted octanol–water partition coefficient (Wildman–Crippen LogP) is 1.27. The summed E-state index contributed by atoms with van der Waals surface area (Å²) in [6.07, 6.45) is 7.69. The molecule has 0 N–H and O–H groups in total. The summed E-state index contributed by atoms with van der Waals surface area (Å²) in [7, 11) is 0. The van der Waals surface area contributed by atoms with Gasteiger partial charge in [-0.3, -0.25) is 9.78 Å². The molecule has 1 amide bonds. The van der Waals surface area contributed by atoms with Crippen LogP contribution in [0.4, 0.5) is 0 Å². The van der Waals surface area contributed by atoms with Gasteiger partial charge in [-0.1, -0.05) is 6.92 Å². The number of carbonyl (C=O) groups excluding carboxylic acids is 1. The number of rotatable bonds is 3. The third kappa shape index (κ3) is 2.56. The number of carbonyl (C=O) groups is 1. The SMILES string of the molecule is C[C@@H]1C[C@H]1C(=O)N1CC2(C[C@H](Oc3cnccn3)CCO2)C1. The van der Waals surface area contributed by atoms with Crippen molar-refractivity contribution in [2.75, 3.05) is 19.7 Å². The molecule has 6 heteroatoms. The van der Waals surface area contributed by atoms with Gasteiger partial charge in [-0.05, 0) is 12.3 Å². The van der Waals surface area contributed by atoms with E-state index >= 15 is 0 Å². The minimum absolute atomic E-state index is 0.0857. The minimum atomic E-state index is -0.209. The summed E-state index contributed by atoms with van der Waals surface area (Å²) >= 11 is 0. The molecule has 2 saturated heterocycles. The maximum absolute atomic E-state index is 12.2. The van der Waals surface area contributed by atoms with Crippen LogP contribution in [-0.2, 0) is 9.53 Å². The van der Waals surface area contributed by atoms with Crippen LogP contribution in [0, 0.1) is 11.8 Å². The molecule has 22 heavy (non-hydrogen) atoms. The van der Waals surface area contributed by atoms with Crippen LogP contribution in [0.15, 0.2) is 18.6 Å². The van der Waals surface area contributed by atoms with Crippen molar-refractivity contribution in [2.24, 2.45) is 11.8 Å². The molecule has 3 atom stereocenters. The Balaban J connectivity index is 1.33. The van der Waals surface area contributed by atoms with Crippen LogP contribution in [0.25, 0.3) is 0 Å². The predicted molar refractivity (Wildman–Crippen MR) is 78.2 cm³/mol. The Morgan fingerprint density at radius 3 is 2.95 bits per heavy atom. The van der Waals surface area contributed by atoms with E-state index in [2.05, 4.69) is 16.9 Å². The topological polar surface area (TPSA) is 64.6 Å². The van der Waals surface area contributed by atoms with Gasteiger partial charge in [-0.15, -0.1) is 0 Å². The third-order valence-electron chi connectivity index (χ3n) is 4.97. The lowest BCUT2D eigenvalue weighted by atomic mass is 9.84. The van der Waals surface area contributed by atoms with Crippen molar-refractivity contribution >= 4 is 5.91 Å². The largest absolute Gasteiger partial charge is 0.473 e. The normalized spacial score (nSPS) is 32.4. The fourth-order valence-electron chi connectivity index (χ4n) is 3.53. The molecule has 1 saturated carbocycles. The summed E-state index contributed by atoms with van der Waals surface area (Å²) in [5.74, 6) is 1.68. The molecule has 4 rings (SSSR count). The molecular formula is C16H21N3O3. The molecule has 0 radical (unpaired) electrons. The summed E-state index contributed by atoms with van der Waals surface area (Å²) < 4.78 is 11.9. The molecule has 0 unspecified atom stereocenters. The third-order valence-corrected chi connectivity index (χ3v) is 4.97. The van der Waals surface area contributed by atoms with Crippen molar-refractivity contribution in [3.63, 3.8) is 0 Å². The molecule has 0 aromatic carbocycles. The second-order valence-corrected chi connectivity index (χ2v) is 6.82. The highest BCUT2D eigenvalue weighted by Gasteiger charge is 2.53. The lowest BCUT2D eigenvalue weighted by Gasteiger charge is -2.53. The molecule has 1 aromatic heterocycles. The van der Waals surface area contributed by atoms with Crippen LogP contribution in [0.1, 0.15) is 26.2 Å². The van der Waals surface area contributed by atoms with Crippen LogP contribution in [0.3, 0.4) is 0 Å². The number of ether oxygens (including phenoxy) is 2. The summed E-state index contributed by atoms with van der Waals surface area (Å²) in [5, 5.41) is 0. The van der Waals surface area contributed by atoms with Crippen LogP contribution < -0.4 is 4.74 Å². The fraction of sp³-hybridized carbons (Fsp3) is 0.688. The molecule has 2 aliphatic heterocycles. The zero-order valence-corrected chi connectivity index (χ0v) is 12.8. The van der Waals surface area contributed by atoms with E-state index in [1.165, 1.54) is 0 Å². The number of nitrogens with zero attached hydrogens (tertiary/aromatic N) is 3. The maximum atomic E-state index is 12.2. The minimum Gasteiger partial charge on any atom is -0.473 e. The Bertz CT molecular complexity index is 559. The van der Waals surface area contributed by atoms with Crippen LogP contribution in [0.2, 0.25) is 0 Å². The van der Waals surface area contributed by atoms with Crippen molar-refractivity contribution in [1.29, 1.82) is 0 Å². The Kier molecular flexibility index (Phi) is 3.29. The average Bonchev–Trinajstić information content (AvgIpc) is 3.22. The second-order valence-electron chi connectivity index (χ2n) is 6.82. The van der Waals surface area contributed by atoms with E-state index in [9.17, 15) is 4.79 Å². The van der Waals surface area contributed by atoms with Crippen LogP contribution >= 0.6 is 0 Å². The van der Waals surface area contributed by atoms with E-state index in [0.29, 0.717) is 37.4 Å². The summed E-state index contributed by atoms with van der Waals surface area (Å²) in [6.45, 7) is 4.22. The molecule has 0 bridgehead atoms. The van der Waals surface area contributed by atoms with Crippen molar-refractivity contribution in [3.8, 4) is 5.88 Å². The number of likely N-dealkylation sites (tertiary alicyclic amines) is 1. The smallest absolute Gasteiger partial charge is 0.232 e. The Labute approximate surface area is 129 Å². The van der Waals surface area contributed by atoms with E-state index in [0.717, 1.165) is 19.3 Å². The van der Waals surface area contributed by atoms with Gasteiger partial charge < -0.3 is 14.4 Å². The van der Waals surface area contributed by atoms with Crippen LogP contribution in [0.5, 0.6) is 5.88 Å². The van der Waals surface area contributed by atoms with Gasteiger partial charge >= 0.3 is 0 Å². The number of hydrogen-bond acceptors (Lipinski definition) is 5. The lowest BCUT2D eigenvalue weighted by molar-refractivity contribution is -0.194. The summed E-state index contributed by atoms with van der Waals surface area (Å²) in [4.78, 5) is 22.3. The molecular weight excluding hydrogens is 282 g/mol. The van der Waals surface area contributed by atoms with Gasteiger partial charge in [0.1, 0.15) is 11.7 Å². The van der Waals surface area contributed by atoms with Gasteiger partial charge in [0.2, 0.25) is 11.8 Å². The molecule has 3 heterocycles. The van der Waals surface area contributed by atoms with Gasteiger partial charge in [-0.2, -0.15) is 0 Å². The van der Waals surface area contributed by atoms with Gasteiger partial charge in [0.05, 0.1) is 25.9 Å². The first-order valence-electron chi connectivity index (χ1n) is 8.01. The fourth-order valence-corrected chi connectivity index (χ4v) is 3.53. The molecule has 6 nitrogen and oxygen atoms in total. The molecule has 118 valence electrons. The molecule has 1 aromatic rings. The monoisotopic (exact) mass is 303 g/mol. The standard InChI is InChI=1S/C16H21N3O3/c1-11-6-13(11)15(20)19-9-16(10-19)7-12(2-5-21-16)22-14-8-17-3-4-18-14/h3-4,8,11-13H,2,5-7,9-10H2,1H3/t11-,12-,13-/m1/s1. The van der Waals surface area contributed by atoms with E-state index in [1.807, 2.05) is 4.90 Å². The van der Waals surface area contributed by atoms with Gasteiger partial charge in [-0.25, -0.2) is 4.98 Å². The number of amides is 1. The zero-order chi connectivity index (χ0) is 15.2. The zero-order valence-electron chi connectivity index (χ0n) is 12.8. The molecule has 1 aliphatic carbocycles. The van der Waals surface area contributed by atoms with E-state index in [4.69, 9.17) is 9.47 Å². The molecule has 3 fully saturated rings. The van der Waals surface area contributed by atoms with E-state index in [1.54, 1.807) is 18.6 Å². The van der Waals surface area contributed by atoms with Crippen molar-refractivity contribution in [3.05, 3.63) is 18.6 Å². The first-order valence-corrected chi connectivity index (χ1v) is 8.01. The molecule has 1 spiro atoms.